The zero-order valence-corrected chi connectivity index (χ0v) is 21.4. The van der Waals surface area contributed by atoms with Gasteiger partial charge in [-0.1, -0.05) is 36.4 Å². The highest BCUT2D eigenvalue weighted by molar-refractivity contribution is 14.0. The maximum Gasteiger partial charge on any atom is 0.191 e. The minimum absolute atomic E-state index is 0. The molecule has 0 aliphatic heterocycles. The van der Waals surface area contributed by atoms with Crippen molar-refractivity contribution in [2.45, 2.75) is 26.0 Å². The van der Waals surface area contributed by atoms with Gasteiger partial charge in [0, 0.05) is 31.0 Å². The van der Waals surface area contributed by atoms with Gasteiger partial charge in [0.15, 0.2) is 5.96 Å². The van der Waals surface area contributed by atoms with Crippen LogP contribution in [-0.4, -0.2) is 38.9 Å². The smallest absolute Gasteiger partial charge is 0.191 e. The summed E-state index contributed by atoms with van der Waals surface area (Å²) in [5, 5.41) is 8.84. The Morgan fingerprint density at radius 1 is 0.906 bits per heavy atom. The predicted octanol–water partition coefficient (Wildman–Crippen LogP) is 4.86. The van der Waals surface area contributed by atoms with Crippen LogP contribution in [0.3, 0.4) is 0 Å². The lowest BCUT2D eigenvalue weighted by atomic mass is 10.2. The van der Waals surface area contributed by atoms with Crippen molar-refractivity contribution in [3.63, 3.8) is 0 Å². The maximum atomic E-state index is 5.67. The van der Waals surface area contributed by atoms with E-state index in [2.05, 4.69) is 39.2 Å². The molecule has 2 aromatic heterocycles. The van der Waals surface area contributed by atoms with E-state index in [1.807, 2.05) is 36.4 Å². The van der Waals surface area contributed by atoms with Crippen molar-refractivity contribution in [1.29, 1.82) is 0 Å². The van der Waals surface area contributed by atoms with Crippen molar-refractivity contribution in [3.8, 4) is 0 Å². The second-order valence-electron chi connectivity index (χ2n) is 6.93. The zero-order valence-electron chi connectivity index (χ0n) is 18.2. The minimum Gasteiger partial charge on any atom is -0.469 e. The van der Waals surface area contributed by atoms with Gasteiger partial charge in [-0.05, 0) is 35.6 Å². The van der Waals surface area contributed by atoms with Gasteiger partial charge in [-0.2, -0.15) is 0 Å². The Labute approximate surface area is 211 Å². The van der Waals surface area contributed by atoms with Gasteiger partial charge in [-0.25, -0.2) is 4.99 Å². The van der Waals surface area contributed by atoms with Gasteiger partial charge in [0.05, 0.1) is 32.6 Å². The van der Waals surface area contributed by atoms with Crippen molar-refractivity contribution >= 4 is 41.3 Å². The Kier molecular flexibility index (Phi) is 13.8. The number of guanidine groups is 1. The van der Waals surface area contributed by atoms with Crippen molar-refractivity contribution < 1.29 is 13.9 Å². The van der Waals surface area contributed by atoms with Crippen molar-refractivity contribution in [2.24, 2.45) is 4.99 Å². The SMILES string of the molecule is I.c1ccc(COCCOCCCNC(=NCc2cccs2)NCCc2ccco2)cc1. The molecule has 0 fully saturated rings. The van der Waals surface area contributed by atoms with E-state index in [0.717, 1.165) is 37.7 Å². The molecular weight excluding hydrogens is 537 g/mol. The Hall–Kier alpha value is -1.88. The number of furan rings is 1. The van der Waals surface area contributed by atoms with Crippen LogP contribution in [0.2, 0.25) is 0 Å². The third-order valence-electron chi connectivity index (χ3n) is 4.46. The summed E-state index contributed by atoms with van der Waals surface area (Å²) in [7, 11) is 0. The lowest BCUT2D eigenvalue weighted by molar-refractivity contribution is 0.0401. The van der Waals surface area contributed by atoms with E-state index in [1.165, 1.54) is 10.4 Å². The summed E-state index contributed by atoms with van der Waals surface area (Å²) in [6, 6.07) is 18.2. The van der Waals surface area contributed by atoms with E-state index in [-0.39, 0.29) is 24.0 Å². The highest BCUT2D eigenvalue weighted by atomic mass is 127. The number of aliphatic imine (C=N–C) groups is 1. The molecule has 0 atom stereocenters. The number of rotatable bonds is 14. The Morgan fingerprint density at radius 3 is 2.53 bits per heavy atom. The number of nitrogens with one attached hydrogen (secondary N) is 2. The summed E-state index contributed by atoms with van der Waals surface area (Å²) in [6.45, 7) is 4.74. The molecule has 0 spiro atoms. The molecule has 0 aliphatic rings. The van der Waals surface area contributed by atoms with Crippen LogP contribution in [0.1, 0.15) is 22.6 Å². The standard InChI is InChI=1S/C24H31N3O3S.HI/c1-2-7-21(8-3-1)20-29-17-16-28-14-6-12-25-24(27-19-23-10-5-18-31-23)26-13-11-22-9-4-15-30-22;/h1-5,7-10,15,18H,6,11-14,16-17,19-20H2,(H2,25,26,27);1H. The summed E-state index contributed by atoms with van der Waals surface area (Å²) in [4.78, 5) is 5.93. The second kappa shape index (κ2) is 16.7. The predicted molar refractivity (Wildman–Crippen MR) is 141 cm³/mol. The fraction of sp³-hybridized carbons (Fsp3) is 0.375. The van der Waals surface area contributed by atoms with Crippen molar-refractivity contribution in [3.05, 3.63) is 82.4 Å². The van der Waals surface area contributed by atoms with Gasteiger partial charge in [-0.3, -0.25) is 0 Å². The molecule has 0 bridgehead atoms. The molecule has 1 aromatic carbocycles. The van der Waals surface area contributed by atoms with Crippen LogP contribution >= 0.6 is 35.3 Å². The molecule has 0 unspecified atom stereocenters. The average molecular weight is 570 g/mol. The molecule has 2 heterocycles. The summed E-state index contributed by atoms with van der Waals surface area (Å²) in [5.74, 6) is 1.78. The molecule has 3 aromatic rings. The molecule has 0 amide bonds. The fourth-order valence-electron chi connectivity index (χ4n) is 2.86. The summed E-state index contributed by atoms with van der Waals surface area (Å²) in [6.07, 6.45) is 3.42. The molecule has 0 saturated heterocycles. The molecule has 3 rings (SSSR count). The number of nitrogens with zero attached hydrogens (tertiary/aromatic N) is 1. The van der Waals surface area contributed by atoms with Gasteiger partial charge in [0.1, 0.15) is 5.76 Å². The van der Waals surface area contributed by atoms with Gasteiger partial charge in [-0.15, -0.1) is 35.3 Å². The second-order valence-corrected chi connectivity index (χ2v) is 7.96. The lowest BCUT2D eigenvalue weighted by Crippen LogP contribution is -2.39. The van der Waals surface area contributed by atoms with E-state index in [0.29, 0.717) is 33.0 Å². The third-order valence-corrected chi connectivity index (χ3v) is 5.32. The Morgan fingerprint density at radius 2 is 1.75 bits per heavy atom. The molecule has 0 aliphatic carbocycles. The number of hydrogen-bond acceptors (Lipinski definition) is 5. The Bertz CT molecular complexity index is 843. The highest BCUT2D eigenvalue weighted by Gasteiger charge is 2.01. The van der Waals surface area contributed by atoms with E-state index >= 15 is 0 Å². The zero-order chi connectivity index (χ0) is 21.4. The number of thiophene rings is 1. The van der Waals surface area contributed by atoms with Crippen LogP contribution in [0, 0.1) is 0 Å². The van der Waals surface area contributed by atoms with Crippen LogP contribution in [-0.2, 0) is 29.0 Å². The first kappa shape index (κ1) is 26.4. The molecule has 6 nitrogen and oxygen atoms in total. The summed E-state index contributed by atoms with van der Waals surface area (Å²) >= 11 is 1.72. The van der Waals surface area contributed by atoms with Gasteiger partial charge < -0.3 is 24.5 Å². The van der Waals surface area contributed by atoms with Crippen LogP contribution in [0.4, 0.5) is 0 Å². The number of halogens is 1. The first-order valence-corrected chi connectivity index (χ1v) is 11.5. The highest BCUT2D eigenvalue weighted by Crippen LogP contribution is 2.09. The molecular formula is C24H32IN3O3S. The largest absolute Gasteiger partial charge is 0.469 e. The van der Waals surface area contributed by atoms with Crippen molar-refractivity contribution in [2.75, 3.05) is 32.9 Å². The summed E-state index contributed by atoms with van der Waals surface area (Å²) < 4.78 is 16.7. The summed E-state index contributed by atoms with van der Waals surface area (Å²) in [5.41, 5.74) is 1.18. The van der Waals surface area contributed by atoms with Crippen molar-refractivity contribution in [1.82, 2.24) is 10.6 Å². The normalized spacial score (nSPS) is 11.2. The Balaban J connectivity index is 0.00000363. The molecule has 0 saturated carbocycles. The molecule has 0 radical (unpaired) electrons. The van der Waals surface area contributed by atoms with E-state index in [4.69, 9.17) is 13.9 Å². The fourth-order valence-corrected chi connectivity index (χ4v) is 3.49. The first-order chi connectivity index (χ1) is 15.4. The van der Waals surface area contributed by atoms with Crippen LogP contribution in [0.25, 0.3) is 0 Å². The van der Waals surface area contributed by atoms with E-state index in [9.17, 15) is 0 Å². The van der Waals surface area contributed by atoms with E-state index < -0.39 is 0 Å². The molecule has 174 valence electrons. The lowest BCUT2D eigenvalue weighted by Gasteiger charge is -2.12. The quantitative estimate of drug-likeness (QED) is 0.126. The average Bonchev–Trinajstić information content (AvgIpc) is 3.51. The van der Waals surface area contributed by atoms with Gasteiger partial charge in [0.2, 0.25) is 0 Å². The molecule has 2 N–H and O–H groups in total. The van der Waals surface area contributed by atoms with Crippen LogP contribution in [0.5, 0.6) is 0 Å². The molecule has 8 heteroatoms. The van der Waals surface area contributed by atoms with Gasteiger partial charge >= 0.3 is 0 Å². The monoisotopic (exact) mass is 569 g/mol. The van der Waals surface area contributed by atoms with Crippen LogP contribution in [0.15, 0.2) is 75.7 Å². The molecule has 32 heavy (non-hydrogen) atoms. The van der Waals surface area contributed by atoms with Crippen LogP contribution < -0.4 is 10.6 Å². The number of ether oxygens (including phenoxy) is 2. The number of hydrogen-bond donors (Lipinski definition) is 2. The van der Waals surface area contributed by atoms with E-state index in [1.54, 1.807) is 17.6 Å². The minimum atomic E-state index is 0. The van der Waals surface area contributed by atoms with Gasteiger partial charge in [0.25, 0.3) is 0 Å². The number of benzene rings is 1. The topological polar surface area (TPSA) is 68.0 Å². The maximum absolute atomic E-state index is 5.67. The first-order valence-electron chi connectivity index (χ1n) is 10.7. The third kappa shape index (κ3) is 11.1.